The van der Waals surface area contributed by atoms with Crippen LogP contribution in [0.2, 0.25) is 0 Å². The Kier molecular flexibility index (Phi) is 4.74. The first-order valence-corrected chi connectivity index (χ1v) is 7.96. The van der Waals surface area contributed by atoms with Crippen molar-refractivity contribution >= 4 is 5.91 Å². The molecule has 2 aromatic rings. The third kappa shape index (κ3) is 3.60. The highest BCUT2D eigenvalue weighted by atomic mass is 16.5. The third-order valence-corrected chi connectivity index (χ3v) is 4.22. The van der Waals surface area contributed by atoms with E-state index in [2.05, 4.69) is 36.5 Å². The van der Waals surface area contributed by atoms with Crippen LogP contribution in [-0.4, -0.2) is 25.1 Å². The molecule has 1 aliphatic heterocycles. The van der Waals surface area contributed by atoms with Gasteiger partial charge in [-0.2, -0.15) is 0 Å². The topological polar surface area (TPSA) is 64.3 Å². The van der Waals surface area contributed by atoms with Crippen molar-refractivity contribution in [3.63, 3.8) is 0 Å². The largest absolute Gasteiger partial charge is 0.364 e. The number of carbonyl (C=O) groups excluding carboxylic acids is 1. The summed E-state index contributed by atoms with van der Waals surface area (Å²) < 4.78 is 5.73. The SMILES string of the molecule is Cc1ccc(-c2ccc(C3OCCC(CN)NC3=O)cc2)cc1. The van der Waals surface area contributed by atoms with Gasteiger partial charge in [0, 0.05) is 12.6 Å². The lowest BCUT2D eigenvalue weighted by molar-refractivity contribution is -0.131. The van der Waals surface area contributed by atoms with Crippen LogP contribution in [-0.2, 0) is 9.53 Å². The maximum absolute atomic E-state index is 12.3. The summed E-state index contributed by atoms with van der Waals surface area (Å²) >= 11 is 0. The monoisotopic (exact) mass is 310 g/mol. The van der Waals surface area contributed by atoms with E-state index in [4.69, 9.17) is 10.5 Å². The van der Waals surface area contributed by atoms with E-state index in [9.17, 15) is 4.79 Å². The van der Waals surface area contributed by atoms with Gasteiger partial charge in [-0.15, -0.1) is 0 Å². The Hall–Kier alpha value is -2.17. The molecule has 0 spiro atoms. The number of hydrogen-bond donors (Lipinski definition) is 2. The van der Waals surface area contributed by atoms with Gasteiger partial charge in [0.1, 0.15) is 0 Å². The molecule has 1 aliphatic rings. The van der Waals surface area contributed by atoms with Crippen LogP contribution in [0.4, 0.5) is 0 Å². The molecule has 0 aromatic heterocycles. The van der Waals surface area contributed by atoms with Gasteiger partial charge >= 0.3 is 0 Å². The Labute approximate surface area is 136 Å². The molecule has 4 nitrogen and oxygen atoms in total. The van der Waals surface area contributed by atoms with Crippen LogP contribution in [0.25, 0.3) is 11.1 Å². The molecule has 1 heterocycles. The van der Waals surface area contributed by atoms with Crippen molar-refractivity contribution in [2.75, 3.05) is 13.2 Å². The molecule has 120 valence electrons. The molecule has 1 saturated heterocycles. The molecule has 23 heavy (non-hydrogen) atoms. The van der Waals surface area contributed by atoms with Crippen molar-refractivity contribution < 1.29 is 9.53 Å². The highest BCUT2D eigenvalue weighted by Crippen LogP contribution is 2.25. The first-order valence-electron chi connectivity index (χ1n) is 7.96. The minimum Gasteiger partial charge on any atom is -0.364 e. The molecule has 2 atom stereocenters. The number of carbonyl (C=O) groups is 1. The maximum Gasteiger partial charge on any atom is 0.254 e. The van der Waals surface area contributed by atoms with E-state index in [0.717, 1.165) is 23.1 Å². The number of aryl methyl sites for hydroxylation is 1. The molecule has 0 aliphatic carbocycles. The summed E-state index contributed by atoms with van der Waals surface area (Å²) in [6.45, 7) is 3.04. The number of ether oxygens (including phenoxy) is 1. The number of nitrogens with one attached hydrogen (secondary N) is 1. The zero-order valence-electron chi connectivity index (χ0n) is 13.3. The van der Waals surface area contributed by atoms with Crippen LogP contribution in [0.5, 0.6) is 0 Å². The fourth-order valence-electron chi connectivity index (χ4n) is 2.77. The summed E-state index contributed by atoms with van der Waals surface area (Å²) in [4.78, 5) is 12.3. The lowest BCUT2D eigenvalue weighted by Gasteiger charge is -2.16. The fraction of sp³-hybridized carbons (Fsp3) is 0.316. The van der Waals surface area contributed by atoms with Crippen LogP contribution in [0.15, 0.2) is 48.5 Å². The standard InChI is InChI=1S/C19H22N2O2/c1-13-2-4-14(5-3-13)15-6-8-16(9-7-15)18-19(22)21-17(12-20)10-11-23-18/h2-9,17-18H,10-12,20H2,1H3,(H,21,22). The summed E-state index contributed by atoms with van der Waals surface area (Å²) in [6.07, 6.45) is 0.193. The van der Waals surface area contributed by atoms with E-state index < -0.39 is 6.10 Å². The van der Waals surface area contributed by atoms with Gasteiger partial charge in [0.25, 0.3) is 5.91 Å². The van der Waals surface area contributed by atoms with Gasteiger partial charge < -0.3 is 15.8 Å². The minimum absolute atomic E-state index is 0.000619. The van der Waals surface area contributed by atoms with E-state index in [1.807, 2.05) is 24.3 Å². The lowest BCUT2D eigenvalue weighted by atomic mass is 10.0. The molecule has 3 N–H and O–H groups in total. The average molecular weight is 310 g/mol. The highest BCUT2D eigenvalue weighted by Gasteiger charge is 2.26. The van der Waals surface area contributed by atoms with Crippen molar-refractivity contribution in [3.05, 3.63) is 59.7 Å². The van der Waals surface area contributed by atoms with E-state index in [1.165, 1.54) is 5.56 Å². The van der Waals surface area contributed by atoms with Crippen molar-refractivity contribution in [2.24, 2.45) is 5.73 Å². The van der Waals surface area contributed by atoms with Crippen molar-refractivity contribution in [1.82, 2.24) is 5.32 Å². The van der Waals surface area contributed by atoms with Crippen LogP contribution in [0.1, 0.15) is 23.7 Å². The van der Waals surface area contributed by atoms with E-state index >= 15 is 0 Å². The first kappa shape index (κ1) is 15.7. The Balaban J connectivity index is 1.78. The van der Waals surface area contributed by atoms with Gasteiger partial charge in [-0.3, -0.25) is 4.79 Å². The van der Waals surface area contributed by atoms with Gasteiger partial charge in [0.2, 0.25) is 0 Å². The van der Waals surface area contributed by atoms with Crippen molar-refractivity contribution in [2.45, 2.75) is 25.5 Å². The lowest BCUT2D eigenvalue weighted by Crippen LogP contribution is -2.40. The number of nitrogens with two attached hydrogens (primary N) is 1. The molecule has 0 radical (unpaired) electrons. The first-order chi connectivity index (χ1) is 11.2. The van der Waals surface area contributed by atoms with Crippen molar-refractivity contribution in [3.8, 4) is 11.1 Å². The van der Waals surface area contributed by atoms with E-state index in [-0.39, 0.29) is 11.9 Å². The molecule has 4 heteroatoms. The molecule has 1 fully saturated rings. The Morgan fingerprint density at radius 1 is 1.09 bits per heavy atom. The molecule has 0 bridgehead atoms. The molecule has 2 unspecified atom stereocenters. The average Bonchev–Trinajstić information content (AvgIpc) is 2.77. The smallest absolute Gasteiger partial charge is 0.254 e. The van der Waals surface area contributed by atoms with Crippen LogP contribution in [0.3, 0.4) is 0 Å². The maximum atomic E-state index is 12.3. The van der Waals surface area contributed by atoms with Gasteiger partial charge in [0.05, 0.1) is 6.61 Å². The van der Waals surface area contributed by atoms with Gasteiger partial charge in [-0.25, -0.2) is 0 Å². The number of rotatable bonds is 3. The minimum atomic E-state index is -0.557. The summed E-state index contributed by atoms with van der Waals surface area (Å²) in [6, 6.07) is 16.4. The normalized spacial score (nSPS) is 21.6. The second-order valence-electron chi connectivity index (χ2n) is 5.97. The third-order valence-electron chi connectivity index (χ3n) is 4.22. The van der Waals surface area contributed by atoms with Gasteiger partial charge in [-0.1, -0.05) is 54.1 Å². The quantitative estimate of drug-likeness (QED) is 0.916. The Bertz CT molecular complexity index is 665. The summed E-state index contributed by atoms with van der Waals surface area (Å²) in [5, 5.41) is 2.94. The summed E-state index contributed by atoms with van der Waals surface area (Å²) in [5.41, 5.74) is 10.0. The molecule has 2 aromatic carbocycles. The highest BCUT2D eigenvalue weighted by molar-refractivity contribution is 5.83. The molecule has 3 rings (SSSR count). The molecule has 0 saturated carbocycles. The second-order valence-corrected chi connectivity index (χ2v) is 5.97. The second kappa shape index (κ2) is 6.94. The summed E-state index contributed by atoms with van der Waals surface area (Å²) in [7, 11) is 0. The van der Waals surface area contributed by atoms with Crippen LogP contribution >= 0.6 is 0 Å². The van der Waals surface area contributed by atoms with Gasteiger partial charge in [0.15, 0.2) is 6.10 Å². The van der Waals surface area contributed by atoms with E-state index in [1.54, 1.807) is 0 Å². The zero-order valence-corrected chi connectivity index (χ0v) is 13.3. The van der Waals surface area contributed by atoms with Crippen molar-refractivity contribution in [1.29, 1.82) is 0 Å². The Morgan fingerprint density at radius 2 is 1.70 bits per heavy atom. The predicted octanol–water partition coefficient (Wildman–Crippen LogP) is 2.57. The number of amides is 1. The van der Waals surface area contributed by atoms with E-state index in [0.29, 0.717) is 13.2 Å². The molecule has 1 amide bonds. The van der Waals surface area contributed by atoms with Gasteiger partial charge in [-0.05, 0) is 30.0 Å². The molecular formula is C19H22N2O2. The number of benzene rings is 2. The zero-order chi connectivity index (χ0) is 16.2. The summed E-state index contributed by atoms with van der Waals surface area (Å²) in [5.74, 6) is -0.110. The number of hydrogen-bond acceptors (Lipinski definition) is 3. The fourth-order valence-corrected chi connectivity index (χ4v) is 2.77. The predicted molar refractivity (Wildman–Crippen MR) is 90.9 cm³/mol. The van der Waals surface area contributed by atoms with Crippen LogP contribution < -0.4 is 11.1 Å². The van der Waals surface area contributed by atoms with Crippen LogP contribution in [0, 0.1) is 6.92 Å². The molecular weight excluding hydrogens is 288 g/mol. The Morgan fingerprint density at radius 3 is 2.30 bits per heavy atom.